The minimum absolute atomic E-state index is 0.323. The predicted molar refractivity (Wildman–Crippen MR) is 82.8 cm³/mol. The number of benzene rings is 2. The largest absolute Gasteiger partial charge is 0.416 e. The Morgan fingerprint density at radius 2 is 1.86 bits per heavy atom. The first kappa shape index (κ1) is 14.8. The van der Waals surface area contributed by atoms with Crippen LogP contribution in [0.15, 0.2) is 40.9 Å². The fourth-order valence-electron chi connectivity index (χ4n) is 1.88. The van der Waals surface area contributed by atoms with Crippen LogP contribution >= 0.6 is 38.9 Å². The van der Waals surface area contributed by atoms with Gasteiger partial charge in [0.15, 0.2) is 0 Å². The van der Waals surface area contributed by atoms with Crippen LogP contribution in [0.1, 0.15) is 5.56 Å². The van der Waals surface area contributed by atoms with Crippen LogP contribution in [0, 0.1) is 0 Å². The summed E-state index contributed by atoms with van der Waals surface area (Å²) in [5.74, 6) is 0. The van der Waals surface area contributed by atoms with Crippen LogP contribution in [0.2, 0.25) is 5.02 Å². The van der Waals surface area contributed by atoms with E-state index in [1.54, 1.807) is 12.1 Å². The van der Waals surface area contributed by atoms with E-state index in [-0.39, 0.29) is 0 Å². The van der Waals surface area contributed by atoms with E-state index in [1.807, 2.05) is 6.07 Å². The Bertz CT molecular complexity index is 829. The maximum Gasteiger partial charge on any atom is 0.416 e. The molecule has 0 amide bonds. The first-order valence-corrected chi connectivity index (χ1v) is 7.76. The minimum Gasteiger partial charge on any atom is -0.236 e. The molecule has 108 valence electrons. The Labute approximate surface area is 135 Å². The third-order valence-electron chi connectivity index (χ3n) is 2.88. The van der Waals surface area contributed by atoms with Crippen molar-refractivity contribution in [1.29, 1.82) is 0 Å². The van der Waals surface area contributed by atoms with E-state index in [1.165, 1.54) is 17.4 Å². The molecule has 1 aromatic heterocycles. The van der Waals surface area contributed by atoms with Crippen molar-refractivity contribution in [2.45, 2.75) is 6.18 Å². The van der Waals surface area contributed by atoms with E-state index in [9.17, 15) is 13.2 Å². The van der Waals surface area contributed by atoms with Gasteiger partial charge in [0.2, 0.25) is 0 Å². The smallest absolute Gasteiger partial charge is 0.236 e. The molecular weight excluding hydrogens is 387 g/mol. The molecule has 7 heteroatoms. The van der Waals surface area contributed by atoms with E-state index in [2.05, 4.69) is 20.9 Å². The molecule has 0 saturated heterocycles. The zero-order valence-corrected chi connectivity index (χ0v) is 13.4. The molecule has 0 saturated carbocycles. The fraction of sp³-hybridized carbons (Fsp3) is 0.0714. The van der Waals surface area contributed by atoms with Gasteiger partial charge in [-0.15, -0.1) is 11.3 Å². The van der Waals surface area contributed by atoms with Gasteiger partial charge >= 0.3 is 6.18 Å². The summed E-state index contributed by atoms with van der Waals surface area (Å²) in [6, 6.07) is 8.88. The molecule has 1 nitrogen and oxygen atoms in total. The van der Waals surface area contributed by atoms with Gasteiger partial charge in [-0.1, -0.05) is 27.5 Å². The van der Waals surface area contributed by atoms with Crippen molar-refractivity contribution in [1.82, 2.24) is 4.98 Å². The number of nitrogens with zero attached hydrogens (tertiary/aromatic N) is 1. The molecule has 0 unspecified atom stereocenters. The quantitative estimate of drug-likeness (QED) is 0.467. The number of rotatable bonds is 1. The Kier molecular flexibility index (Phi) is 3.71. The number of fused-ring (bicyclic) bond motifs is 1. The molecular formula is C14H6BrClF3NS. The van der Waals surface area contributed by atoms with Crippen molar-refractivity contribution in [2.24, 2.45) is 0 Å². The van der Waals surface area contributed by atoms with Crippen LogP contribution in [-0.2, 0) is 6.18 Å². The van der Waals surface area contributed by atoms with Gasteiger partial charge in [0.1, 0.15) is 5.01 Å². The van der Waals surface area contributed by atoms with Crippen LogP contribution in [0.4, 0.5) is 13.2 Å². The van der Waals surface area contributed by atoms with Crippen molar-refractivity contribution in [3.63, 3.8) is 0 Å². The standard InChI is InChI=1S/C14H6BrClF3NS/c15-8-2-3-9(10(16)6-8)13-20-11-5-7(14(17,18)19)1-4-12(11)21-13/h1-6H. The highest BCUT2D eigenvalue weighted by molar-refractivity contribution is 9.10. The van der Waals surface area contributed by atoms with Crippen molar-refractivity contribution < 1.29 is 13.2 Å². The van der Waals surface area contributed by atoms with Gasteiger partial charge in [0.25, 0.3) is 0 Å². The molecule has 0 aliphatic carbocycles. The minimum atomic E-state index is -4.37. The molecule has 0 spiro atoms. The maximum absolute atomic E-state index is 12.7. The molecule has 2 aromatic carbocycles. The number of alkyl halides is 3. The van der Waals surface area contributed by atoms with E-state index in [4.69, 9.17) is 11.6 Å². The number of hydrogen-bond donors (Lipinski definition) is 0. The lowest BCUT2D eigenvalue weighted by molar-refractivity contribution is -0.137. The van der Waals surface area contributed by atoms with Gasteiger partial charge in [0.05, 0.1) is 20.8 Å². The summed E-state index contributed by atoms with van der Waals surface area (Å²) in [5.41, 5.74) is 0.326. The van der Waals surface area contributed by atoms with E-state index in [0.717, 1.165) is 16.6 Å². The highest BCUT2D eigenvalue weighted by Crippen LogP contribution is 2.38. The highest BCUT2D eigenvalue weighted by atomic mass is 79.9. The van der Waals surface area contributed by atoms with Gasteiger partial charge < -0.3 is 0 Å². The predicted octanol–water partition coefficient (Wildman–Crippen LogP) is 6.40. The van der Waals surface area contributed by atoms with Crippen molar-refractivity contribution in [3.05, 3.63) is 51.5 Å². The van der Waals surface area contributed by atoms with Gasteiger partial charge in [-0.2, -0.15) is 13.2 Å². The van der Waals surface area contributed by atoms with Crippen LogP contribution in [0.25, 0.3) is 20.8 Å². The van der Waals surface area contributed by atoms with Gasteiger partial charge in [0, 0.05) is 10.0 Å². The average Bonchev–Trinajstić information content (AvgIpc) is 2.79. The summed E-state index contributed by atoms with van der Waals surface area (Å²) >= 11 is 10.8. The van der Waals surface area contributed by atoms with Crippen molar-refractivity contribution in [3.8, 4) is 10.6 Å². The van der Waals surface area contributed by atoms with E-state index in [0.29, 0.717) is 25.8 Å². The summed E-state index contributed by atoms with van der Waals surface area (Å²) in [6.45, 7) is 0. The molecule has 0 N–H and O–H groups in total. The SMILES string of the molecule is FC(F)(F)c1ccc2sc(-c3ccc(Br)cc3Cl)nc2c1. The summed E-state index contributed by atoms with van der Waals surface area (Å²) in [7, 11) is 0. The number of aromatic nitrogens is 1. The summed E-state index contributed by atoms with van der Waals surface area (Å²) in [4.78, 5) is 4.27. The Balaban J connectivity index is 2.13. The van der Waals surface area contributed by atoms with Crippen LogP contribution in [-0.4, -0.2) is 4.98 Å². The number of hydrogen-bond acceptors (Lipinski definition) is 2. The zero-order valence-electron chi connectivity index (χ0n) is 10.2. The van der Waals surface area contributed by atoms with Crippen LogP contribution in [0.3, 0.4) is 0 Å². The van der Waals surface area contributed by atoms with Crippen molar-refractivity contribution >= 4 is 49.1 Å². The Morgan fingerprint density at radius 1 is 1.10 bits per heavy atom. The lowest BCUT2D eigenvalue weighted by Crippen LogP contribution is -2.03. The molecule has 0 atom stereocenters. The molecule has 21 heavy (non-hydrogen) atoms. The van der Waals surface area contributed by atoms with Gasteiger partial charge in [-0.3, -0.25) is 0 Å². The summed E-state index contributed by atoms with van der Waals surface area (Å²) < 4.78 is 39.6. The first-order chi connectivity index (χ1) is 9.84. The maximum atomic E-state index is 12.7. The van der Waals surface area contributed by atoms with Crippen molar-refractivity contribution in [2.75, 3.05) is 0 Å². The molecule has 0 fully saturated rings. The fourth-order valence-corrected chi connectivity index (χ4v) is 3.69. The Hall–Kier alpha value is -1.11. The van der Waals surface area contributed by atoms with Crippen LogP contribution < -0.4 is 0 Å². The molecule has 0 radical (unpaired) electrons. The third kappa shape index (κ3) is 2.93. The number of halogens is 5. The Morgan fingerprint density at radius 3 is 2.52 bits per heavy atom. The van der Waals surface area contributed by atoms with E-state index >= 15 is 0 Å². The van der Waals surface area contributed by atoms with Gasteiger partial charge in [-0.05, 0) is 36.4 Å². The topological polar surface area (TPSA) is 12.9 Å². The summed E-state index contributed by atoms with van der Waals surface area (Å²) in [6.07, 6.45) is -4.37. The molecule has 0 aliphatic heterocycles. The monoisotopic (exact) mass is 391 g/mol. The highest BCUT2D eigenvalue weighted by Gasteiger charge is 2.30. The first-order valence-electron chi connectivity index (χ1n) is 5.78. The molecule has 0 aliphatic rings. The lowest BCUT2D eigenvalue weighted by Gasteiger charge is -2.04. The lowest BCUT2D eigenvalue weighted by atomic mass is 10.2. The number of thiazole rings is 1. The van der Waals surface area contributed by atoms with E-state index < -0.39 is 11.7 Å². The van der Waals surface area contributed by atoms with Crippen LogP contribution in [0.5, 0.6) is 0 Å². The average molecular weight is 393 g/mol. The summed E-state index contributed by atoms with van der Waals surface area (Å²) in [5, 5.41) is 1.10. The second-order valence-corrected chi connectivity index (χ2v) is 6.68. The molecule has 1 heterocycles. The molecule has 0 bridgehead atoms. The third-order valence-corrected chi connectivity index (χ3v) is 4.75. The second-order valence-electron chi connectivity index (χ2n) is 4.32. The molecule has 3 rings (SSSR count). The normalized spacial score (nSPS) is 12.0. The zero-order chi connectivity index (χ0) is 15.2. The van der Waals surface area contributed by atoms with Gasteiger partial charge in [-0.25, -0.2) is 4.98 Å². The molecule has 3 aromatic rings. The second kappa shape index (κ2) is 5.26.